The van der Waals surface area contributed by atoms with Gasteiger partial charge in [-0.3, -0.25) is 0 Å². The van der Waals surface area contributed by atoms with E-state index in [1.807, 2.05) is 0 Å². The third kappa shape index (κ3) is 7.43. The lowest BCUT2D eigenvalue weighted by Crippen LogP contribution is -1.99. The highest BCUT2D eigenvalue weighted by atomic mass is 16.6. The van der Waals surface area contributed by atoms with Gasteiger partial charge in [-0.25, -0.2) is 0 Å². The van der Waals surface area contributed by atoms with Crippen molar-refractivity contribution < 1.29 is 4.84 Å². The smallest absolute Gasteiger partial charge is 0.117 e. The van der Waals surface area contributed by atoms with Crippen LogP contribution in [-0.4, -0.2) is 19.4 Å². The summed E-state index contributed by atoms with van der Waals surface area (Å²) < 4.78 is 0. The summed E-state index contributed by atoms with van der Waals surface area (Å²) in [5.41, 5.74) is 5.11. The van der Waals surface area contributed by atoms with Gasteiger partial charge in [0.1, 0.15) is 6.61 Å². The van der Waals surface area contributed by atoms with Crippen molar-refractivity contribution in [2.24, 2.45) is 10.9 Å². The first-order chi connectivity index (χ1) is 4.41. The van der Waals surface area contributed by atoms with E-state index >= 15 is 0 Å². The van der Waals surface area contributed by atoms with Crippen LogP contribution in [0.4, 0.5) is 0 Å². The number of hydrogen-bond donors (Lipinski definition) is 1. The maximum atomic E-state index is 5.11. The minimum atomic E-state index is 0.451. The molecular formula is C6H14N2O. The molecule has 0 saturated heterocycles. The third-order valence-corrected chi connectivity index (χ3v) is 0.844. The van der Waals surface area contributed by atoms with E-state index < -0.39 is 0 Å². The molecule has 0 heterocycles. The Labute approximate surface area is 55.9 Å². The Hall–Kier alpha value is -0.570. The topological polar surface area (TPSA) is 47.6 Å². The van der Waals surface area contributed by atoms with E-state index in [9.17, 15) is 0 Å². The zero-order valence-corrected chi connectivity index (χ0v) is 5.84. The molecule has 0 bridgehead atoms. The highest BCUT2D eigenvalue weighted by Crippen LogP contribution is 1.86. The molecule has 0 atom stereocenters. The van der Waals surface area contributed by atoms with Crippen molar-refractivity contribution in [3.63, 3.8) is 0 Å². The van der Waals surface area contributed by atoms with Crippen LogP contribution in [0.1, 0.15) is 19.8 Å². The van der Waals surface area contributed by atoms with Crippen molar-refractivity contribution >= 4 is 6.21 Å². The molecule has 2 N–H and O–H groups in total. The average Bonchev–Trinajstić information content (AvgIpc) is 1.89. The summed E-state index contributed by atoms with van der Waals surface area (Å²) in [5, 5.41) is 3.58. The van der Waals surface area contributed by atoms with Gasteiger partial charge in [0.15, 0.2) is 0 Å². The lowest BCUT2D eigenvalue weighted by molar-refractivity contribution is 0.142. The average molecular weight is 130 g/mol. The lowest BCUT2D eigenvalue weighted by Gasteiger charge is -1.93. The minimum Gasteiger partial charge on any atom is -0.396 e. The summed E-state index contributed by atoms with van der Waals surface area (Å²) in [7, 11) is 0. The molecule has 0 unspecified atom stereocenters. The second-order valence-electron chi connectivity index (χ2n) is 1.71. The van der Waals surface area contributed by atoms with E-state index in [-0.39, 0.29) is 0 Å². The predicted molar refractivity (Wildman–Crippen MR) is 38.4 cm³/mol. The van der Waals surface area contributed by atoms with E-state index in [0.717, 1.165) is 12.8 Å². The molecular weight excluding hydrogens is 116 g/mol. The number of oxime groups is 1. The molecule has 0 aromatic heterocycles. The summed E-state index contributed by atoms with van der Waals surface area (Å²) in [6, 6.07) is 0. The standard InChI is InChI=1S/C6H14N2O/c1-2-3-6-9-8-5-4-7/h5H,2-4,6-7H2,1H3/b8-5+. The summed E-state index contributed by atoms with van der Waals surface area (Å²) in [5.74, 6) is 0. The van der Waals surface area contributed by atoms with Gasteiger partial charge in [-0.15, -0.1) is 0 Å². The van der Waals surface area contributed by atoms with Crippen molar-refractivity contribution in [3.05, 3.63) is 0 Å². The van der Waals surface area contributed by atoms with Crippen molar-refractivity contribution in [2.45, 2.75) is 19.8 Å². The van der Waals surface area contributed by atoms with Gasteiger partial charge in [-0.1, -0.05) is 18.5 Å². The lowest BCUT2D eigenvalue weighted by atomic mass is 10.4. The molecule has 0 aromatic rings. The van der Waals surface area contributed by atoms with Gasteiger partial charge in [-0.2, -0.15) is 0 Å². The molecule has 0 fully saturated rings. The quantitative estimate of drug-likeness (QED) is 0.339. The Kier molecular flexibility index (Phi) is 6.96. The van der Waals surface area contributed by atoms with Crippen LogP contribution >= 0.6 is 0 Å². The molecule has 0 rings (SSSR count). The van der Waals surface area contributed by atoms with Gasteiger partial charge >= 0.3 is 0 Å². The first-order valence-electron chi connectivity index (χ1n) is 3.25. The van der Waals surface area contributed by atoms with E-state index in [1.54, 1.807) is 6.21 Å². The van der Waals surface area contributed by atoms with Crippen LogP contribution in [0.25, 0.3) is 0 Å². The zero-order valence-electron chi connectivity index (χ0n) is 5.84. The molecule has 3 heteroatoms. The second kappa shape index (κ2) is 7.43. The largest absolute Gasteiger partial charge is 0.396 e. The summed E-state index contributed by atoms with van der Waals surface area (Å²) in [4.78, 5) is 4.80. The second-order valence-corrected chi connectivity index (χ2v) is 1.71. The summed E-state index contributed by atoms with van der Waals surface area (Å²) in [6.45, 7) is 3.26. The molecule has 0 spiro atoms. The first kappa shape index (κ1) is 8.43. The SMILES string of the molecule is CCCCO/N=C/CN. The van der Waals surface area contributed by atoms with Crippen LogP contribution in [0.3, 0.4) is 0 Å². The first-order valence-corrected chi connectivity index (χ1v) is 3.25. The molecule has 0 aromatic carbocycles. The van der Waals surface area contributed by atoms with Crippen LogP contribution in [0.15, 0.2) is 5.16 Å². The van der Waals surface area contributed by atoms with Gasteiger partial charge < -0.3 is 10.6 Å². The molecule has 3 nitrogen and oxygen atoms in total. The highest BCUT2D eigenvalue weighted by molar-refractivity contribution is 5.58. The summed E-state index contributed by atoms with van der Waals surface area (Å²) >= 11 is 0. The van der Waals surface area contributed by atoms with Crippen molar-refractivity contribution in [3.8, 4) is 0 Å². The van der Waals surface area contributed by atoms with Gasteiger partial charge in [0.05, 0.1) is 6.21 Å². The van der Waals surface area contributed by atoms with Gasteiger partial charge in [0.2, 0.25) is 0 Å². The van der Waals surface area contributed by atoms with Crippen molar-refractivity contribution in [1.29, 1.82) is 0 Å². The highest BCUT2D eigenvalue weighted by Gasteiger charge is 1.79. The normalized spacial score (nSPS) is 10.4. The number of nitrogens with two attached hydrogens (primary N) is 1. The Morgan fingerprint density at radius 1 is 1.67 bits per heavy atom. The van der Waals surface area contributed by atoms with Gasteiger partial charge in [0, 0.05) is 6.54 Å². The fourth-order valence-corrected chi connectivity index (χ4v) is 0.357. The Bertz CT molecular complexity index is 73.5. The molecule has 9 heavy (non-hydrogen) atoms. The molecule has 0 radical (unpaired) electrons. The molecule has 0 amide bonds. The number of unbranched alkanes of at least 4 members (excludes halogenated alkanes) is 1. The molecule has 0 aliphatic rings. The van der Waals surface area contributed by atoms with Crippen LogP contribution < -0.4 is 5.73 Å². The van der Waals surface area contributed by atoms with Crippen LogP contribution in [0, 0.1) is 0 Å². The fraction of sp³-hybridized carbons (Fsp3) is 0.833. The number of nitrogens with zero attached hydrogens (tertiary/aromatic N) is 1. The molecule has 0 saturated carbocycles. The van der Waals surface area contributed by atoms with Crippen LogP contribution in [0.5, 0.6) is 0 Å². The van der Waals surface area contributed by atoms with Gasteiger partial charge in [0.25, 0.3) is 0 Å². The van der Waals surface area contributed by atoms with E-state index in [4.69, 9.17) is 10.6 Å². The Morgan fingerprint density at radius 3 is 3.00 bits per heavy atom. The monoisotopic (exact) mass is 130 g/mol. The number of rotatable bonds is 5. The molecule has 54 valence electrons. The fourth-order valence-electron chi connectivity index (χ4n) is 0.357. The van der Waals surface area contributed by atoms with E-state index in [1.165, 1.54) is 0 Å². The molecule has 0 aliphatic heterocycles. The van der Waals surface area contributed by atoms with E-state index in [0.29, 0.717) is 13.2 Å². The summed E-state index contributed by atoms with van der Waals surface area (Å²) in [6.07, 6.45) is 3.75. The van der Waals surface area contributed by atoms with Crippen LogP contribution in [-0.2, 0) is 4.84 Å². The Morgan fingerprint density at radius 2 is 2.44 bits per heavy atom. The maximum absolute atomic E-state index is 5.11. The van der Waals surface area contributed by atoms with Crippen LogP contribution in [0.2, 0.25) is 0 Å². The Balaban J connectivity index is 2.82. The predicted octanol–water partition coefficient (Wildman–Crippen LogP) is 0.748. The minimum absolute atomic E-state index is 0.451. The maximum Gasteiger partial charge on any atom is 0.117 e. The zero-order chi connectivity index (χ0) is 6.95. The third-order valence-electron chi connectivity index (χ3n) is 0.844. The van der Waals surface area contributed by atoms with Crippen molar-refractivity contribution in [1.82, 2.24) is 0 Å². The van der Waals surface area contributed by atoms with E-state index in [2.05, 4.69) is 12.1 Å². The number of hydrogen-bond acceptors (Lipinski definition) is 3. The molecule has 0 aliphatic carbocycles. The van der Waals surface area contributed by atoms with Crippen molar-refractivity contribution in [2.75, 3.05) is 13.2 Å². The van der Waals surface area contributed by atoms with Gasteiger partial charge in [-0.05, 0) is 6.42 Å².